The van der Waals surface area contributed by atoms with Gasteiger partial charge in [0, 0.05) is 19.0 Å². The van der Waals surface area contributed by atoms with Gasteiger partial charge in [0.25, 0.3) is 5.56 Å². The Morgan fingerprint density at radius 2 is 1.81 bits per heavy atom. The third-order valence-electron chi connectivity index (χ3n) is 4.16. The number of fused-ring (bicyclic) bond motifs is 1. The van der Waals surface area contributed by atoms with E-state index in [1.54, 1.807) is 31.3 Å². The first kappa shape index (κ1) is 18.4. The van der Waals surface area contributed by atoms with Gasteiger partial charge in [-0.1, -0.05) is 12.1 Å². The van der Waals surface area contributed by atoms with Crippen molar-refractivity contribution in [3.8, 4) is 0 Å². The number of halogens is 1. The maximum Gasteiger partial charge on any atom is 0.306 e. The lowest BCUT2D eigenvalue weighted by Crippen LogP contribution is -2.23. The number of carbonyl (C=O) groups excluding carboxylic acids is 2. The van der Waals surface area contributed by atoms with Gasteiger partial charge in [-0.05, 0) is 36.4 Å². The van der Waals surface area contributed by atoms with Gasteiger partial charge in [0.1, 0.15) is 11.6 Å². The molecule has 3 rings (SSSR count). The van der Waals surface area contributed by atoms with Crippen molar-refractivity contribution in [3.63, 3.8) is 0 Å². The molecule has 0 saturated heterocycles. The normalized spacial score (nSPS) is 10.7. The number of hydrogen-bond donors (Lipinski definition) is 0. The van der Waals surface area contributed by atoms with Gasteiger partial charge in [-0.15, -0.1) is 0 Å². The highest BCUT2D eigenvalue weighted by Gasteiger charge is 2.13. The standard InChI is InChI=1S/C20H17FN2O4/c1-23-18(22-16-5-3-2-4-15(16)20(23)26)10-11-19(25)27-12-17(24)13-6-8-14(21)9-7-13/h2-9H,10-12H2,1H3. The second-order valence-electron chi connectivity index (χ2n) is 6.00. The topological polar surface area (TPSA) is 78.3 Å². The summed E-state index contributed by atoms with van der Waals surface area (Å²) in [6.07, 6.45) is 0.190. The minimum atomic E-state index is -0.576. The number of rotatable bonds is 6. The van der Waals surface area contributed by atoms with Crippen LogP contribution < -0.4 is 5.56 Å². The molecule has 0 spiro atoms. The molecule has 0 atom stereocenters. The van der Waals surface area contributed by atoms with E-state index in [9.17, 15) is 18.8 Å². The fourth-order valence-electron chi connectivity index (χ4n) is 2.64. The lowest BCUT2D eigenvalue weighted by atomic mass is 10.1. The van der Waals surface area contributed by atoms with Crippen LogP contribution in [0.15, 0.2) is 53.3 Å². The molecule has 0 amide bonds. The van der Waals surface area contributed by atoms with Gasteiger partial charge in [0.05, 0.1) is 17.3 Å². The Hall–Kier alpha value is -3.35. The zero-order chi connectivity index (χ0) is 19.4. The quantitative estimate of drug-likeness (QED) is 0.493. The van der Waals surface area contributed by atoms with Crippen LogP contribution in [0.25, 0.3) is 10.9 Å². The summed E-state index contributed by atoms with van der Waals surface area (Å²) >= 11 is 0. The Morgan fingerprint density at radius 3 is 2.56 bits per heavy atom. The van der Waals surface area contributed by atoms with Gasteiger partial charge < -0.3 is 4.74 Å². The summed E-state index contributed by atoms with van der Waals surface area (Å²) in [7, 11) is 1.60. The number of aryl methyl sites for hydroxylation is 1. The minimum absolute atomic E-state index is 0.0185. The Balaban J connectivity index is 1.60. The number of carbonyl (C=O) groups is 2. The lowest BCUT2D eigenvalue weighted by molar-refractivity contribution is -0.142. The van der Waals surface area contributed by atoms with Gasteiger partial charge in [-0.3, -0.25) is 19.0 Å². The van der Waals surface area contributed by atoms with Crippen molar-refractivity contribution in [3.05, 3.63) is 76.1 Å². The number of para-hydroxylation sites is 1. The molecule has 7 heteroatoms. The van der Waals surface area contributed by atoms with E-state index in [4.69, 9.17) is 4.74 Å². The summed E-state index contributed by atoms with van der Waals surface area (Å²) in [4.78, 5) is 40.6. The largest absolute Gasteiger partial charge is 0.457 e. The average Bonchev–Trinajstić information content (AvgIpc) is 2.68. The molecule has 6 nitrogen and oxygen atoms in total. The summed E-state index contributed by atoms with van der Waals surface area (Å²) in [6.45, 7) is -0.422. The second kappa shape index (κ2) is 7.90. The van der Waals surface area contributed by atoms with E-state index in [2.05, 4.69) is 4.98 Å². The van der Waals surface area contributed by atoms with Crippen LogP contribution in [0.5, 0.6) is 0 Å². The molecule has 0 aliphatic heterocycles. The fourth-order valence-corrected chi connectivity index (χ4v) is 2.64. The maximum atomic E-state index is 12.9. The molecule has 0 unspecified atom stereocenters. The van der Waals surface area contributed by atoms with Crippen LogP contribution in [0.4, 0.5) is 4.39 Å². The van der Waals surface area contributed by atoms with Gasteiger partial charge in [0.15, 0.2) is 12.4 Å². The Morgan fingerprint density at radius 1 is 1.11 bits per heavy atom. The zero-order valence-corrected chi connectivity index (χ0v) is 14.6. The SMILES string of the molecule is Cn1c(CCC(=O)OCC(=O)c2ccc(F)cc2)nc2ccccc2c1=O. The number of esters is 1. The number of hydrogen-bond acceptors (Lipinski definition) is 5. The lowest BCUT2D eigenvalue weighted by Gasteiger charge is -2.09. The van der Waals surface area contributed by atoms with E-state index >= 15 is 0 Å². The van der Waals surface area contributed by atoms with Crippen LogP contribution in [0, 0.1) is 5.82 Å². The van der Waals surface area contributed by atoms with Gasteiger partial charge in [-0.25, -0.2) is 9.37 Å². The van der Waals surface area contributed by atoms with Gasteiger partial charge in [-0.2, -0.15) is 0 Å². The monoisotopic (exact) mass is 368 g/mol. The molecule has 0 fully saturated rings. The molecule has 0 radical (unpaired) electrons. The highest BCUT2D eigenvalue weighted by molar-refractivity contribution is 5.97. The summed E-state index contributed by atoms with van der Waals surface area (Å²) < 4.78 is 19.2. The highest BCUT2D eigenvalue weighted by atomic mass is 19.1. The molecule has 27 heavy (non-hydrogen) atoms. The molecule has 138 valence electrons. The molecule has 3 aromatic rings. The molecule has 2 aromatic carbocycles. The van der Waals surface area contributed by atoms with Crippen molar-refractivity contribution in [1.82, 2.24) is 9.55 Å². The molecule has 1 aromatic heterocycles. The van der Waals surface area contributed by atoms with Crippen molar-refractivity contribution in [2.24, 2.45) is 7.05 Å². The average molecular weight is 368 g/mol. The Labute approximate surface area is 154 Å². The van der Waals surface area contributed by atoms with E-state index in [0.29, 0.717) is 16.7 Å². The first-order chi connectivity index (χ1) is 13.0. The van der Waals surface area contributed by atoms with Crippen molar-refractivity contribution < 1.29 is 18.7 Å². The number of benzene rings is 2. The smallest absolute Gasteiger partial charge is 0.306 e. The molecule has 0 aliphatic carbocycles. The Kier molecular flexibility index (Phi) is 5.40. The first-order valence-corrected chi connectivity index (χ1v) is 8.35. The minimum Gasteiger partial charge on any atom is -0.457 e. The predicted octanol–water partition coefficient (Wildman–Crippen LogP) is 2.43. The summed E-state index contributed by atoms with van der Waals surface area (Å²) in [5, 5.41) is 0.510. The van der Waals surface area contributed by atoms with Crippen molar-refractivity contribution in [1.29, 1.82) is 0 Å². The van der Waals surface area contributed by atoms with Gasteiger partial charge in [0.2, 0.25) is 0 Å². The van der Waals surface area contributed by atoms with Crippen LogP contribution in [0.1, 0.15) is 22.6 Å². The summed E-state index contributed by atoms with van der Waals surface area (Å²) in [6, 6.07) is 12.0. The molecular formula is C20H17FN2O4. The zero-order valence-electron chi connectivity index (χ0n) is 14.6. The summed E-state index contributed by atoms with van der Waals surface area (Å²) in [5.74, 6) is -0.981. The third kappa shape index (κ3) is 4.25. The number of nitrogens with zero attached hydrogens (tertiary/aromatic N) is 2. The summed E-state index contributed by atoms with van der Waals surface area (Å²) in [5.41, 5.74) is 0.647. The second-order valence-corrected chi connectivity index (χ2v) is 6.00. The van der Waals surface area contributed by atoms with Crippen molar-refractivity contribution >= 4 is 22.7 Å². The first-order valence-electron chi connectivity index (χ1n) is 8.35. The molecular weight excluding hydrogens is 351 g/mol. The van der Waals surface area contributed by atoms with E-state index < -0.39 is 24.2 Å². The van der Waals surface area contributed by atoms with Crippen molar-refractivity contribution in [2.45, 2.75) is 12.8 Å². The van der Waals surface area contributed by atoms with E-state index in [0.717, 1.165) is 0 Å². The van der Waals surface area contributed by atoms with Crippen LogP contribution in [0.2, 0.25) is 0 Å². The molecule has 0 aliphatic rings. The number of ether oxygens (including phenoxy) is 1. The van der Waals surface area contributed by atoms with Crippen LogP contribution in [-0.4, -0.2) is 27.9 Å². The van der Waals surface area contributed by atoms with Crippen LogP contribution in [-0.2, 0) is 23.0 Å². The van der Waals surface area contributed by atoms with Crippen molar-refractivity contribution in [2.75, 3.05) is 6.61 Å². The number of aromatic nitrogens is 2. The predicted molar refractivity (Wildman–Crippen MR) is 97.0 cm³/mol. The molecule has 0 saturated carbocycles. The number of Topliss-reactive ketones (excluding diaryl/α,β-unsaturated/α-hetero) is 1. The van der Waals surface area contributed by atoms with Gasteiger partial charge >= 0.3 is 5.97 Å². The number of ketones is 1. The maximum absolute atomic E-state index is 12.9. The van der Waals surface area contributed by atoms with Crippen LogP contribution in [0.3, 0.4) is 0 Å². The van der Waals surface area contributed by atoms with E-state index in [-0.39, 0.29) is 24.0 Å². The Bertz CT molecular complexity index is 1060. The highest BCUT2D eigenvalue weighted by Crippen LogP contribution is 2.09. The molecule has 0 bridgehead atoms. The molecule has 1 heterocycles. The van der Waals surface area contributed by atoms with E-state index in [1.807, 2.05) is 0 Å². The van der Waals surface area contributed by atoms with Crippen LogP contribution >= 0.6 is 0 Å². The molecule has 0 N–H and O–H groups in total. The fraction of sp³-hybridized carbons (Fsp3) is 0.200. The van der Waals surface area contributed by atoms with E-state index in [1.165, 1.54) is 28.8 Å². The third-order valence-corrected chi connectivity index (χ3v) is 4.16.